The van der Waals surface area contributed by atoms with E-state index in [4.69, 9.17) is 0 Å². The molecule has 4 rings (SSSR count). The van der Waals surface area contributed by atoms with Crippen LogP contribution in [0.15, 0.2) is 42.5 Å². The van der Waals surface area contributed by atoms with Crippen LogP contribution >= 0.6 is 0 Å². The highest BCUT2D eigenvalue weighted by atomic mass is 16.3. The van der Waals surface area contributed by atoms with Crippen LogP contribution in [-0.2, 0) is 6.42 Å². The van der Waals surface area contributed by atoms with Gasteiger partial charge in [0.2, 0.25) is 0 Å². The lowest BCUT2D eigenvalue weighted by atomic mass is 10.1. The first kappa shape index (κ1) is 16.6. The van der Waals surface area contributed by atoms with E-state index in [2.05, 4.69) is 10.6 Å². The maximum Gasteiger partial charge on any atom is 0.322 e. The SMILES string of the molecule is Cc1ccc(C(=O)N[C@@H]2c3ccccc3C[C@@H]2O)cc1N1CCNC1=O. The molecular formula is C20H21N3O3. The van der Waals surface area contributed by atoms with E-state index in [1.54, 1.807) is 17.0 Å². The van der Waals surface area contributed by atoms with Crippen LogP contribution in [0.2, 0.25) is 0 Å². The van der Waals surface area contributed by atoms with Crippen LogP contribution in [-0.4, -0.2) is 36.2 Å². The van der Waals surface area contributed by atoms with Gasteiger partial charge in [-0.15, -0.1) is 0 Å². The Morgan fingerprint density at radius 1 is 1.27 bits per heavy atom. The first-order valence-electron chi connectivity index (χ1n) is 8.77. The summed E-state index contributed by atoms with van der Waals surface area (Å²) in [6.07, 6.45) is -0.0977. The number of nitrogens with zero attached hydrogens (tertiary/aromatic N) is 1. The lowest BCUT2D eigenvalue weighted by molar-refractivity contribution is 0.0858. The number of rotatable bonds is 3. The highest BCUT2D eigenvalue weighted by Gasteiger charge is 2.32. The van der Waals surface area contributed by atoms with E-state index < -0.39 is 12.1 Å². The van der Waals surface area contributed by atoms with E-state index >= 15 is 0 Å². The maximum absolute atomic E-state index is 12.8. The van der Waals surface area contributed by atoms with E-state index in [0.29, 0.717) is 25.1 Å². The van der Waals surface area contributed by atoms with E-state index in [1.807, 2.05) is 37.3 Å². The van der Waals surface area contributed by atoms with Gasteiger partial charge in [0.25, 0.3) is 5.91 Å². The fraction of sp³-hybridized carbons (Fsp3) is 0.300. The van der Waals surface area contributed by atoms with Gasteiger partial charge >= 0.3 is 6.03 Å². The third-order valence-corrected chi connectivity index (χ3v) is 5.11. The Morgan fingerprint density at radius 3 is 2.85 bits per heavy atom. The standard InChI is InChI=1S/C20H21N3O3/c1-12-6-7-14(10-16(12)23-9-8-21-20(23)26)19(25)22-18-15-5-3-2-4-13(15)11-17(18)24/h2-7,10,17-18,24H,8-9,11H2,1H3,(H,21,26)(H,22,25)/t17-,18+/m0/s1. The average molecular weight is 351 g/mol. The number of aliphatic hydroxyl groups is 1. The second-order valence-corrected chi connectivity index (χ2v) is 6.81. The Balaban J connectivity index is 1.58. The topological polar surface area (TPSA) is 81.7 Å². The van der Waals surface area contributed by atoms with Crippen LogP contribution in [0.5, 0.6) is 0 Å². The number of urea groups is 1. The number of carbonyl (C=O) groups excluding carboxylic acids is 2. The van der Waals surface area contributed by atoms with Gasteiger partial charge in [-0.3, -0.25) is 9.69 Å². The van der Waals surface area contributed by atoms with E-state index in [9.17, 15) is 14.7 Å². The summed E-state index contributed by atoms with van der Waals surface area (Å²) in [5, 5.41) is 16.1. The molecule has 1 aliphatic heterocycles. The second kappa shape index (κ2) is 6.46. The van der Waals surface area contributed by atoms with Crippen molar-refractivity contribution < 1.29 is 14.7 Å². The van der Waals surface area contributed by atoms with Crippen LogP contribution < -0.4 is 15.5 Å². The van der Waals surface area contributed by atoms with Crippen molar-refractivity contribution in [1.82, 2.24) is 10.6 Å². The van der Waals surface area contributed by atoms with Crippen LogP contribution in [0.25, 0.3) is 0 Å². The number of anilines is 1. The van der Waals surface area contributed by atoms with Gasteiger partial charge in [0.05, 0.1) is 12.1 Å². The lowest BCUT2D eigenvalue weighted by Crippen LogP contribution is -2.34. The minimum Gasteiger partial charge on any atom is -0.390 e. The molecule has 26 heavy (non-hydrogen) atoms. The Bertz CT molecular complexity index is 880. The molecule has 0 unspecified atom stereocenters. The molecule has 1 fully saturated rings. The predicted molar refractivity (Wildman–Crippen MR) is 98.3 cm³/mol. The first-order chi connectivity index (χ1) is 12.5. The fourth-order valence-corrected chi connectivity index (χ4v) is 3.72. The molecular weight excluding hydrogens is 330 g/mol. The van der Waals surface area contributed by atoms with E-state index in [0.717, 1.165) is 22.4 Å². The Hall–Kier alpha value is -2.86. The Kier molecular flexibility index (Phi) is 4.12. The highest BCUT2D eigenvalue weighted by Crippen LogP contribution is 2.32. The van der Waals surface area contributed by atoms with Crippen molar-refractivity contribution in [2.45, 2.75) is 25.5 Å². The number of benzene rings is 2. The summed E-state index contributed by atoms with van der Waals surface area (Å²) in [6.45, 7) is 3.10. The summed E-state index contributed by atoms with van der Waals surface area (Å²) in [5.41, 5.74) is 4.16. The summed E-state index contributed by atoms with van der Waals surface area (Å²) >= 11 is 0. The molecule has 6 heteroatoms. The summed E-state index contributed by atoms with van der Waals surface area (Å²) in [5.74, 6) is -0.258. The van der Waals surface area contributed by atoms with Gasteiger partial charge in [0.15, 0.2) is 0 Å². The smallest absolute Gasteiger partial charge is 0.322 e. The van der Waals surface area contributed by atoms with Gasteiger partial charge in [0, 0.05) is 30.8 Å². The normalized spacial score (nSPS) is 21.5. The summed E-state index contributed by atoms with van der Waals surface area (Å²) < 4.78 is 0. The van der Waals surface area contributed by atoms with Gasteiger partial charge in [-0.2, -0.15) is 0 Å². The first-order valence-corrected chi connectivity index (χ1v) is 8.77. The van der Waals surface area contributed by atoms with Gasteiger partial charge < -0.3 is 15.7 Å². The van der Waals surface area contributed by atoms with Crippen LogP contribution in [0.1, 0.15) is 33.1 Å². The molecule has 2 atom stereocenters. The third kappa shape index (κ3) is 2.82. The second-order valence-electron chi connectivity index (χ2n) is 6.81. The zero-order valence-electron chi connectivity index (χ0n) is 14.5. The fourth-order valence-electron chi connectivity index (χ4n) is 3.72. The Labute approximate surface area is 151 Å². The molecule has 1 heterocycles. The monoisotopic (exact) mass is 351 g/mol. The summed E-state index contributed by atoms with van der Waals surface area (Å²) in [4.78, 5) is 26.4. The van der Waals surface area contributed by atoms with E-state index in [1.165, 1.54) is 0 Å². The number of hydrogen-bond acceptors (Lipinski definition) is 3. The molecule has 0 aromatic heterocycles. The van der Waals surface area contributed by atoms with Crippen molar-refractivity contribution in [3.8, 4) is 0 Å². The number of aryl methyl sites for hydroxylation is 1. The zero-order valence-corrected chi connectivity index (χ0v) is 14.5. The minimum atomic E-state index is -0.634. The molecule has 134 valence electrons. The summed E-state index contributed by atoms with van der Waals surface area (Å²) in [6, 6.07) is 12.5. The molecule has 0 saturated carbocycles. The van der Waals surface area contributed by atoms with Crippen molar-refractivity contribution >= 4 is 17.6 Å². The van der Waals surface area contributed by atoms with Crippen LogP contribution in [0, 0.1) is 6.92 Å². The number of amides is 3. The number of nitrogens with one attached hydrogen (secondary N) is 2. The molecule has 2 aromatic carbocycles. The molecule has 2 aliphatic rings. The zero-order chi connectivity index (χ0) is 18.3. The molecule has 1 aliphatic carbocycles. The molecule has 0 spiro atoms. The highest BCUT2D eigenvalue weighted by molar-refractivity contribution is 5.99. The number of carbonyl (C=O) groups is 2. The third-order valence-electron chi connectivity index (χ3n) is 5.11. The average Bonchev–Trinajstić information content (AvgIpc) is 3.19. The number of aliphatic hydroxyl groups excluding tert-OH is 1. The largest absolute Gasteiger partial charge is 0.390 e. The molecule has 3 N–H and O–H groups in total. The minimum absolute atomic E-state index is 0.147. The van der Waals surface area contributed by atoms with Gasteiger partial charge in [-0.25, -0.2) is 4.79 Å². The molecule has 0 bridgehead atoms. The summed E-state index contributed by atoms with van der Waals surface area (Å²) in [7, 11) is 0. The van der Waals surface area contributed by atoms with Crippen LogP contribution in [0.3, 0.4) is 0 Å². The molecule has 6 nitrogen and oxygen atoms in total. The van der Waals surface area contributed by atoms with Crippen molar-refractivity contribution in [2.24, 2.45) is 0 Å². The number of fused-ring (bicyclic) bond motifs is 1. The Morgan fingerprint density at radius 2 is 2.08 bits per heavy atom. The maximum atomic E-state index is 12.8. The number of hydrogen-bond donors (Lipinski definition) is 3. The van der Waals surface area contributed by atoms with Gasteiger partial charge in [-0.1, -0.05) is 30.3 Å². The van der Waals surface area contributed by atoms with Crippen molar-refractivity contribution in [2.75, 3.05) is 18.0 Å². The molecule has 1 saturated heterocycles. The quantitative estimate of drug-likeness (QED) is 0.790. The van der Waals surface area contributed by atoms with E-state index in [-0.39, 0.29) is 11.9 Å². The lowest BCUT2D eigenvalue weighted by Gasteiger charge is -2.20. The molecule has 2 aromatic rings. The van der Waals surface area contributed by atoms with Crippen molar-refractivity contribution in [1.29, 1.82) is 0 Å². The van der Waals surface area contributed by atoms with Gasteiger partial charge in [0.1, 0.15) is 0 Å². The predicted octanol–water partition coefficient (Wildman–Crippen LogP) is 1.91. The van der Waals surface area contributed by atoms with Gasteiger partial charge in [-0.05, 0) is 35.7 Å². The van der Waals surface area contributed by atoms with Crippen molar-refractivity contribution in [3.63, 3.8) is 0 Å². The van der Waals surface area contributed by atoms with Crippen LogP contribution in [0.4, 0.5) is 10.5 Å². The molecule has 0 radical (unpaired) electrons. The van der Waals surface area contributed by atoms with Crippen molar-refractivity contribution in [3.05, 3.63) is 64.7 Å². The molecule has 3 amide bonds.